The van der Waals surface area contributed by atoms with E-state index in [1.54, 1.807) is 0 Å². The standard InChI is InChI=1S/C25H23N3O2/c1-2-11-27-14-22(15-28-17-26-18-30-28)24-13-23(9-10-25(24)27)29-16-19-7-8-20-5-3-4-6-21(20)12-19/h2-10,12-14,18H,1,11,15-17H2. The summed E-state index contributed by atoms with van der Waals surface area (Å²) in [6.45, 7) is 6.37. The molecule has 0 aliphatic carbocycles. The second-order valence-electron chi connectivity index (χ2n) is 7.42. The van der Waals surface area contributed by atoms with E-state index >= 15 is 0 Å². The first kappa shape index (κ1) is 18.5. The van der Waals surface area contributed by atoms with E-state index in [1.165, 1.54) is 22.7 Å². The third-order valence-electron chi connectivity index (χ3n) is 5.34. The molecule has 5 heteroatoms. The van der Waals surface area contributed by atoms with E-state index in [9.17, 15) is 0 Å². The Bertz CT molecular complexity index is 1230. The van der Waals surface area contributed by atoms with Crippen LogP contribution in [0.15, 0.2) is 84.5 Å². The average Bonchev–Trinajstić information content (AvgIpc) is 3.41. The van der Waals surface area contributed by atoms with Gasteiger partial charge in [0, 0.05) is 23.6 Å². The number of benzene rings is 3. The lowest BCUT2D eigenvalue weighted by molar-refractivity contribution is -0.0515. The van der Waals surface area contributed by atoms with Gasteiger partial charge in [-0.1, -0.05) is 42.5 Å². The van der Waals surface area contributed by atoms with Crippen molar-refractivity contribution in [3.63, 3.8) is 0 Å². The van der Waals surface area contributed by atoms with Gasteiger partial charge in [0.15, 0.2) is 6.40 Å². The van der Waals surface area contributed by atoms with E-state index < -0.39 is 0 Å². The topological polar surface area (TPSA) is 39.0 Å². The Kier molecular flexibility index (Phi) is 4.95. The molecule has 2 heterocycles. The van der Waals surface area contributed by atoms with Gasteiger partial charge in [0.2, 0.25) is 0 Å². The van der Waals surface area contributed by atoms with Gasteiger partial charge < -0.3 is 14.1 Å². The van der Waals surface area contributed by atoms with E-state index in [0.717, 1.165) is 28.8 Å². The van der Waals surface area contributed by atoms with Crippen LogP contribution in [0.5, 0.6) is 5.75 Å². The monoisotopic (exact) mass is 397 g/mol. The molecule has 0 N–H and O–H groups in total. The van der Waals surface area contributed by atoms with E-state index in [0.29, 0.717) is 19.8 Å². The molecule has 0 saturated heterocycles. The first-order valence-corrected chi connectivity index (χ1v) is 10.0. The number of rotatable bonds is 7. The van der Waals surface area contributed by atoms with Crippen molar-refractivity contribution in [3.05, 3.63) is 90.6 Å². The Balaban J connectivity index is 1.40. The maximum absolute atomic E-state index is 6.14. The molecule has 0 spiro atoms. The predicted octanol–water partition coefficient (Wildman–Crippen LogP) is 5.29. The van der Waals surface area contributed by atoms with Crippen LogP contribution < -0.4 is 4.74 Å². The number of hydrogen-bond donors (Lipinski definition) is 0. The predicted molar refractivity (Wildman–Crippen MR) is 120 cm³/mol. The Hall–Kier alpha value is -3.57. The molecule has 150 valence electrons. The SMILES string of the molecule is C=CCn1cc(CN2CN=CO2)c2cc(OCc3ccc4ccccc4c3)ccc21. The van der Waals surface area contributed by atoms with Gasteiger partial charge in [-0.3, -0.25) is 0 Å². The first-order valence-electron chi connectivity index (χ1n) is 10.0. The number of nitrogens with zero attached hydrogens (tertiary/aromatic N) is 3. The molecule has 0 bridgehead atoms. The summed E-state index contributed by atoms with van der Waals surface area (Å²) in [6, 6.07) is 21.1. The molecule has 30 heavy (non-hydrogen) atoms. The summed E-state index contributed by atoms with van der Waals surface area (Å²) in [5.41, 5.74) is 3.48. The van der Waals surface area contributed by atoms with Crippen molar-refractivity contribution in [1.82, 2.24) is 9.63 Å². The van der Waals surface area contributed by atoms with Gasteiger partial charge in [-0.05, 0) is 46.2 Å². The minimum absolute atomic E-state index is 0.530. The fourth-order valence-corrected chi connectivity index (χ4v) is 3.89. The number of aromatic nitrogens is 1. The fourth-order valence-electron chi connectivity index (χ4n) is 3.89. The molecule has 5 rings (SSSR count). The Morgan fingerprint density at radius 3 is 2.80 bits per heavy atom. The third kappa shape index (κ3) is 3.67. The number of ether oxygens (including phenoxy) is 1. The molecule has 0 fully saturated rings. The number of hydroxylamine groups is 2. The molecule has 0 saturated carbocycles. The molecule has 3 aromatic carbocycles. The van der Waals surface area contributed by atoms with Gasteiger partial charge in [0.05, 0.1) is 6.54 Å². The van der Waals surface area contributed by atoms with Crippen LogP contribution in [0.3, 0.4) is 0 Å². The molecule has 1 aliphatic heterocycles. The number of fused-ring (bicyclic) bond motifs is 2. The van der Waals surface area contributed by atoms with Crippen LogP contribution in [0.1, 0.15) is 11.1 Å². The van der Waals surface area contributed by atoms with E-state index in [4.69, 9.17) is 9.57 Å². The smallest absolute Gasteiger partial charge is 0.198 e. The molecule has 0 radical (unpaired) electrons. The number of aliphatic imine (C=N–C) groups is 1. The summed E-state index contributed by atoms with van der Waals surface area (Å²) in [4.78, 5) is 9.54. The van der Waals surface area contributed by atoms with Crippen molar-refractivity contribution in [3.8, 4) is 5.75 Å². The molecule has 1 aromatic heterocycles. The van der Waals surface area contributed by atoms with Crippen LogP contribution in [0.4, 0.5) is 0 Å². The second kappa shape index (κ2) is 8.05. The highest BCUT2D eigenvalue weighted by molar-refractivity contribution is 5.85. The maximum atomic E-state index is 6.14. The summed E-state index contributed by atoms with van der Waals surface area (Å²) < 4.78 is 8.34. The summed E-state index contributed by atoms with van der Waals surface area (Å²) in [6.07, 6.45) is 5.55. The Morgan fingerprint density at radius 1 is 1.07 bits per heavy atom. The van der Waals surface area contributed by atoms with E-state index in [1.807, 2.05) is 17.2 Å². The summed E-state index contributed by atoms with van der Waals surface area (Å²) in [7, 11) is 0. The summed E-state index contributed by atoms with van der Waals surface area (Å²) in [5, 5.41) is 5.45. The van der Waals surface area contributed by atoms with Crippen LogP contribution in [0, 0.1) is 0 Å². The highest BCUT2D eigenvalue weighted by Gasteiger charge is 2.15. The third-order valence-corrected chi connectivity index (χ3v) is 5.34. The Labute approximate surface area is 175 Å². The van der Waals surface area contributed by atoms with Crippen molar-refractivity contribution in [2.45, 2.75) is 19.7 Å². The average molecular weight is 397 g/mol. The van der Waals surface area contributed by atoms with Crippen LogP contribution in [-0.2, 0) is 24.5 Å². The summed E-state index contributed by atoms with van der Waals surface area (Å²) in [5.74, 6) is 0.854. The van der Waals surface area contributed by atoms with Crippen LogP contribution in [0.2, 0.25) is 0 Å². The molecule has 1 aliphatic rings. The molecule has 0 atom stereocenters. The van der Waals surface area contributed by atoms with Crippen molar-refractivity contribution in [2.75, 3.05) is 6.67 Å². The van der Waals surface area contributed by atoms with Gasteiger partial charge in [-0.25, -0.2) is 4.99 Å². The lowest BCUT2D eigenvalue weighted by atomic mass is 10.1. The molecule has 4 aromatic rings. The summed E-state index contributed by atoms with van der Waals surface area (Å²) >= 11 is 0. The second-order valence-corrected chi connectivity index (χ2v) is 7.42. The van der Waals surface area contributed by atoms with Gasteiger partial charge >= 0.3 is 0 Å². The quantitative estimate of drug-likeness (QED) is 0.398. The van der Waals surface area contributed by atoms with E-state index in [2.05, 4.69) is 76.9 Å². The normalized spacial score (nSPS) is 13.7. The van der Waals surface area contributed by atoms with Crippen molar-refractivity contribution < 1.29 is 9.57 Å². The number of allylic oxidation sites excluding steroid dienone is 1. The van der Waals surface area contributed by atoms with Crippen molar-refractivity contribution in [2.24, 2.45) is 4.99 Å². The van der Waals surface area contributed by atoms with Crippen molar-refractivity contribution in [1.29, 1.82) is 0 Å². The molecular formula is C25H23N3O2. The molecule has 0 unspecified atom stereocenters. The minimum Gasteiger partial charge on any atom is -0.489 e. The molecule has 0 amide bonds. The fraction of sp³-hybridized carbons (Fsp3) is 0.160. The molecule has 5 nitrogen and oxygen atoms in total. The lowest BCUT2D eigenvalue weighted by Crippen LogP contribution is -2.17. The maximum Gasteiger partial charge on any atom is 0.198 e. The Morgan fingerprint density at radius 2 is 1.97 bits per heavy atom. The zero-order chi connectivity index (χ0) is 20.3. The first-order chi connectivity index (χ1) is 14.8. The zero-order valence-corrected chi connectivity index (χ0v) is 16.7. The highest BCUT2D eigenvalue weighted by Crippen LogP contribution is 2.28. The minimum atomic E-state index is 0.530. The largest absolute Gasteiger partial charge is 0.489 e. The van der Waals surface area contributed by atoms with Gasteiger partial charge in [-0.15, -0.1) is 11.6 Å². The van der Waals surface area contributed by atoms with Gasteiger partial charge in [0.25, 0.3) is 0 Å². The molecular weight excluding hydrogens is 374 g/mol. The van der Waals surface area contributed by atoms with Crippen LogP contribution in [-0.4, -0.2) is 22.7 Å². The number of hydrogen-bond acceptors (Lipinski definition) is 4. The highest BCUT2D eigenvalue weighted by atomic mass is 16.7. The van der Waals surface area contributed by atoms with E-state index in [-0.39, 0.29) is 0 Å². The van der Waals surface area contributed by atoms with Crippen LogP contribution in [0.25, 0.3) is 21.7 Å². The van der Waals surface area contributed by atoms with Gasteiger partial charge in [0.1, 0.15) is 19.0 Å². The van der Waals surface area contributed by atoms with Crippen molar-refractivity contribution >= 4 is 28.1 Å². The van der Waals surface area contributed by atoms with Gasteiger partial charge in [-0.2, -0.15) is 0 Å². The zero-order valence-electron chi connectivity index (χ0n) is 16.7. The lowest BCUT2D eigenvalue weighted by Gasteiger charge is -2.12. The van der Waals surface area contributed by atoms with Crippen LogP contribution >= 0.6 is 0 Å².